The predicted molar refractivity (Wildman–Crippen MR) is 40.2 cm³/mol. The Kier molecular flexibility index (Phi) is 9.84. The molecule has 1 unspecified atom stereocenters. The first-order chi connectivity index (χ1) is 4.34. The summed E-state index contributed by atoms with van der Waals surface area (Å²) in [6.07, 6.45) is 5.23. The van der Waals surface area contributed by atoms with Crippen molar-refractivity contribution in [2.45, 2.75) is 31.7 Å². The summed E-state index contributed by atoms with van der Waals surface area (Å²) in [7, 11) is 2.20. The van der Waals surface area contributed by atoms with Crippen molar-refractivity contribution in [3.63, 3.8) is 0 Å². The van der Waals surface area contributed by atoms with Crippen LogP contribution in [0, 0.1) is 6.92 Å². The largest absolute Gasteiger partial charge is 1.00 e. The van der Waals surface area contributed by atoms with Crippen LogP contribution < -0.4 is 12.4 Å². The fourth-order valence-electron chi connectivity index (χ4n) is 1.51. The van der Waals surface area contributed by atoms with Gasteiger partial charge in [-0.05, 0) is 32.9 Å². The second-order valence-corrected chi connectivity index (χ2v) is 2.92. The molecule has 1 nitrogen and oxygen atoms in total. The molecule has 1 aliphatic rings. The summed E-state index contributed by atoms with van der Waals surface area (Å²) in [5.41, 5.74) is 0. The van der Waals surface area contributed by atoms with Gasteiger partial charge in [0, 0.05) is 25.5 Å². The average Bonchev–Trinajstić information content (AvgIpc) is 1.89. The number of hydrogen-bond donors (Lipinski definition) is 0. The van der Waals surface area contributed by atoms with Crippen LogP contribution in [0.25, 0.3) is 0 Å². The van der Waals surface area contributed by atoms with Crippen LogP contribution in [-0.4, -0.2) is 24.5 Å². The molecule has 11 heavy (non-hydrogen) atoms. The Morgan fingerprint density at radius 3 is 2.45 bits per heavy atom. The second-order valence-electron chi connectivity index (χ2n) is 2.92. The fraction of sp³-hybridized carbons (Fsp3) is 0.875. The zero-order valence-corrected chi connectivity index (χ0v) is 11.1. The fourth-order valence-corrected chi connectivity index (χ4v) is 1.51. The third-order valence-electron chi connectivity index (χ3n) is 2.25. The molecule has 1 heterocycles. The van der Waals surface area contributed by atoms with Gasteiger partial charge in [-0.2, -0.15) is 0 Å². The van der Waals surface area contributed by atoms with Crippen LogP contribution in [0.4, 0.5) is 0 Å². The van der Waals surface area contributed by atoms with Gasteiger partial charge in [0.1, 0.15) is 0 Å². The molecule has 1 rings (SSSR count). The van der Waals surface area contributed by atoms with Gasteiger partial charge in [-0.25, -0.2) is 0 Å². The SMILES string of the molecule is [CH2]CC1CCCCN1C.[Cl-].[Zn]. The van der Waals surface area contributed by atoms with E-state index in [9.17, 15) is 0 Å². The number of hydrogen-bond acceptors (Lipinski definition) is 1. The quantitative estimate of drug-likeness (QED) is 0.503. The standard InChI is InChI=1S/C8H16N.ClH.Zn/c1-3-8-6-4-5-7-9(8)2;;/h8H,1,3-7H2,2H3;1H;/p-1. The summed E-state index contributed by atoms with van der Waals surface area (Å²) >= 11 is 0. The molecule has 3 heteroatoms. The van der Waals surface area contributed by atoms with Gasteiger partial charge in [0.2, 0.25) is 0 Å². The van der Waals surface area contributed by atoms with Crippen LogP contribution in [0.3, 0.4) is 0 Å². The van der Waals surface area contributed by atoms with Gasteiger partial charge in [-0.1, -0.05) is 13.3 Å². The number of likely N-dealkylation sites (tertiary alicyclic amines) is 1. The van der Waals surface area contributed by atoms with Gasteiger partial charge >= 0.3 is 0 Å². The van der Waals surface area contributed by atoms with E-state index in [2.05, 4.69) is 18.9 Å². The summed E-state index contributed by atoms with van der Waals surface area (Å²) < 4.78 is 0. The number of piperidine rings is 1. The smallest absolute Gasteiger partial charge is 0.00922 e. The number of halogens is 1. The van der Waals surface area contributed by atoms with Crippen LogP contribution in [-0.2, 0) is 19.5 Å². The Labute approximate surface area is 89.1 Å². The molecule has 1 atom stereocenters. The minimum Gasteiger partial charge on any atom is -1.00 e. The Bertz CT molecular complexity index is 90.2. The Hall–Kier alpha value is 0.873. The Morgan fingerprint density at radius 2 is 2.09 bits per heavy atom. The summed E-state index contributed by atoms with van der Waals surface area (Å²) in [6.45, 7) is 5.20. The van der Waals surface area contributed by atoms with E-state index in [1.54, 1.807) is 0 Å². The molecular weight excluding hydrogens is 211 g/mol. The molecule has 0 amide bonds. The normalized spacial score (nSPS) is 25.1. The molecular formula is C8H16ClNZn-. The van der Waals surface area contributed by atoms with Crippen LogP contribution >= 0.6 is 0 Å². The first-order valence-corrected chi connectivity index (χ1v) is 3.84. The molecule has 1 fully saturated rings. The Balaban J connectivity index is 0. The molecule has 0 aromatic rings. The number of rotatable bonds is 1. The van der Waals surface area contributed by atoms with Crippen molar-refractivity contribution in [3.8, 4) is 0 Å². The Morgan fingerprint density at radius 1 is 1.45 bits per heavy atom. The minimum absolute atomic E-state index is 0. The summed E-state index contributed by atoms with van der Waals surface area (Å²) in [6, 6.07) is 0.777. The van der Waals surface area contributed by atoms with E-state index in [-0.39, 0.29) is 31.9 Å². The molecule has 0 aromatic carbocycles. The average molecular weight is 227 g/mol. The number of nitrogens with zero attached hydrogens (tertiary/aromatic N) is 1. The molecule has 1 aliphatic heterocycles. The van der Waals surface area contributed by atoms with Crippen molar-refractivity contribution < 1.29 is 31.9 Å². The van der Waals surface area contributed by atoms with E-state index in [1.807, 2.05) is 0 Å². The van der Waals surface area contributed by atoms with Crippen molar-refractivity contribution in [1.82, 2.24) is 4.90 Å². The maximum absolute atomic E-state index is 3.92. The third kappa shape index (κ3) is 4.45. The van der Waals surface area contributed by atoms with Crippen molar-refractivity contribution in [2.75, 3.05) is 13.6 Å². The van der Waals surface area contributed by atoms with E-state index in [0.717, 1.165) is 12.5 Å². The molecule has 1 radical (unpaired) electrons. The maximum Gasteiger partial charge on any atom is 0.00922 e. The van der Waals surface area contributed by atoms with Gasteiger partial charge in [0.05, 0.1) is 0 Å². The van der Waals surface area contributed by atoms with Crippen molar-refractivity contribution >= 4 is 0 Å². The first kappa shape index (κ1) is 14.4. The molecule has 1 saturated heterocycles. The van der Waals surface area contributed by atoms with Crippen LogP contribution in [0.1, 0.15) is 25.7 Å². The molecule has 0 saturated carbocycles. The van der Waals surface area contributed by atoms with Gasteiger partial charge < -0.3 is 17.3 Å². The van der Waals surface area contributed by atoms with E-state index in [0.29, 0.717) is 0 Å². The van der Waals surface area contributed by atoms with E-state index >= 15 is 0 Å². The zero-order chi connectivity index (χ0) is 6.69. The first-order valence-electron chi connectivity index (χ1n) is 3.84. The van der Waals surface area contributed by atoms with Crippen LogP contribution in [0.2, 0.25) is 0 Å². The summed E-state index contributed by atoms with van der Waals surface area (Å²) in [5, 5.41) is 0. The van der Waals surface area contributed by atoms with Crippen LogP contribution in [0.15, 0.2) is 0 Å². The molecule has 0 aromatic heterocycles. The molecule has 63 valence electrons. The second kappa shape index (κ2) is 7.52. The maximum atomic E-state index is 3.92. The van der Waals surface area contributed by atoms with Gasteiger partial charge in [0.15, 0.2) is 0 Å². The monoisotopic (exact) mass is 225 g/mol. The van der Waals surface area contributed by atoms with Crippen molar-refractivity contribution in [3.05, 3.63) is 6.92 Å². The van der Waals surface area contributed by atoms with Gasteiger partial charge in [-0.15, -0.1) is 0 Å². The minimum atomic E-state index is 0. The molecule has 0 N–H and O–H groups in total. The topological polar surface area (TPSA) is 3.24 Å². The van der Waals surface area contributed by atoms with Crippen molar-refractivity contribution in [2.24, 2.45) is 0 Å². The van der Waals surface area contributed by atoms with Crippen molar-refractivity contribution in [1.29, 1.82) is 0 Å². The molecule has 0 spiro atoms. The van der Waals surface area contributed by atoms with Crippen LogP contribution in [0.5, 0.6) is 0 Å². The predicted octanol–water partition coefficient (Wildman–Crippen LogP) is -1.30. The summed E-state index contributed by atoms with van der Waals surface area (Å²) in [4.78, 5) is 2.43. The van der Waals surface area contributed by atoms with E-state index in [1.165, 1.54) is 25.8 Å². The van der Waals surface area contributed by atoms with E-state index in [4.69, 9.17) is 0 Å². The van der Waals surface area contributed by atoms with Gasteiger partial charge in [-0.3, -0.25) is 0 Å². The molecule has 0 bridgehead atoms. The summed E-state index contributed by atoms with van der Waals surface area (Å²) in [5.74, 6) is 0. The van der Waals surface area contributed by atoms with E-state index < -0.39 is 0 Å². The van der Waals surface area contributed by atoms with Gasteiger partial charge in [0.25, 0.3) is 0 Å². The third-order valence-corrected chi connectivity index (χ3v) is 2.25. The molecule has 0 aliphatic carbocycles. The zero-order valence-electron chi connectivity index (χ0n) is 7.35.